The van der Waals surface area contributed by atoms with Gasteiger partial charge in [0.1, 0.15) is 11.6 Å². The highest BCUT2D eigenvalue weighted by Crippen LogP contribution is 2.23. The first-order valence-corrected chi connectivity index (χ1v) is 6.46. The van der Waals surface area contributed by atoms with Crippen LogP contribution in [0, 0.1) is 5.82 Å². The van der Waals surface area contributed by atoms with Crippen LogP contribution in [0.2, 0.25) is 0 Å². The average molecular weight is 283 g/mol. The Morgan fingerprint density at radius 1 is 1.60 bits per heavy atom. The lowest BCUT2D eigenvalue weighted by molar-refractivity contribution is -0.140. The quantitative estimate of drug-likeness (QED) is 0.887. The Morgan fingerprint density at radius 3 is 3.10 bits per heavy atom. The summed E-state index contributed by atoms with van der Waals surface area (Å²) >= 11 is 0. The van der Waals surface area contributed by atoms with Crippen LogP contribution in [-0.4, -0.2) is 48.9 Å². The van der Waals surface area contributed by atoms with Crippen LogP contribution in [0.3, 0.4) is 0 Å². The van der Waals surface area contributed by atoms with Crippen LogP contribution in [-0.2, 0) is 16.1 Å². The summed E-state index contributed by atoms with van der Waals surface area (Å²) in [4.78, 5) is 12.9. The molecule has 0 aliphatic carbocycles. The van der Waals surface area contributed by atoms with E-state index >= 15 is 0 Å². The van der Waals surface area contributed by atoms with Gasteiger partial charge in [0.2, 0.25) is 0 Å². The lowest BCUT2D eigenvalue weighted by Gasteiger charge is -2.35. The number of hydrogen-bond donors (Lipinski definition) is 1. The molecule has 20 heavy (non-hydrogen) atoms. The molecule has 1 heterocycles. The lowest BCUT2D eigenvalue weighted by atomic mass is 10.1. The van der Waals surface area contributed by atoms with Crippen LogP contribution in [0.15, 0.2) is 18.2 Å². The van der Waals surface area contributed by atoms with E-state index in [1.54, 1.807) is 6.07 Å². The van der Waals surface area contributed by atoms with Gasteiger partial charge < -0.3 is 14.6 Å². The summed E-state index contributed by atoms with van der Waals surface area (Å²) < 4.78 is 23.9. The highest BCUT2D eigenvalue weighted by atomic mass is 19.1. The number of methoxy groups -OCH3 is 1. The molecule has 1 aromatic rings. The van der Waals surface area contributed by atoms with Crippen molar-refractivity contribution in [2.24, 2.45) is 0 Å². The van der Waals surface area contributed by atoms with Crippen molar-refractivity contribution in [3.63, 3.8) is 0 Å². The van der Waals surface area contributed by atoms with Crippen molar-refractivity contribution < 1.29 is 23.8 Å². The van der Waals surface area contributed by atoms with E-state index < -0.39 is 5.97 Å². The van der Waals surface area contributed by atoms with Crippen LogP contribution >= 0.6 is 0 Å². The highest BCUT2D eigenvalue weighted by molar-refractivity contribution is 5.67. The first kappa shape index (κ1) is 14.7. The monoisotopic (exact) mass is 283 g/mol. The van der Waals surface area contributed by atoms with Crippen LogP contribution in [0.5, 0.6) is 5.75 Å². The summed E-state index contributed by atoms with van der Waals surface area (Å²) in [6.45, 7) is 2.00. The first-order valence-electron chi connectivity index (χ1n) is 6.46. The predicted molar refractivity (Wildman–Crippen MR) is 70.2 cm³/mol. The number of benzene rings is 1. The third kappa shape index (κ3) is 3.68. The van der Waals surface area contributed by atoms with Gasteiger partial charge in [0.15, 0.2) is 0 Å². The molecule has 110 valence electrons. The van der Waals surface area contributed by atoms with Crippen LogP contribution in [0.1, 0.15) is 12.0 Å². The van der Waals surface area contributed by atoms with Gasteiger partial charge in [-0.2, -0.15) is 0 Å². The number of nitrogens with zero attached hydrogens (tertiary/aromatic N) is 1. The third-order valence-electron chi connectivity index (χ3n) is 3.38. The maximum Gasteiger partial charge on any atom is 0.305 e. The number of halogens is 1. The van der Waals surface area contributed by atoms with Crippen molar-refractivity contribution in [2.45, 2.75) is 19.0 Å². The molecule has 1 fully saturated rings. The summed E-state index contributed by atoms with van der Waals surface area (Å²) in [5.41, 5.74) is 0.713. The molecule has 5 nitrogen and oxygen atoms in total. The summed E-state index contributed by atoms with van der Waals surface area (Å²) in [7, 11) is 1.53. The topological polar surface area (TPSA) is 59.0 Å². The minimum absolute atomic E-state index is 0.0115. The molecule has 2 rings (SSSR count). The zero-order valence-electron chi connectivity index (χ0n) is 11.3. The average Bonchev–Trinajstić information content (AvgIpc) is 2.41. The molecular weight excluding hydrogens is 265 g/mol. The summed E-state index contributed by atoms with van der Waals surface area (Å²) in [5, 5.41) is 8.93. The van der Waals surface area contributed by atoms with Gasteiger partial charge in [0.05, 0.1) is 26.7 Å². The SMILES string of the molecule is COc1ccc(F)cc1CN1CCOCC1CC(=O)O. The minimum Gasteiger partial charge on any atom is -0.496 e. The van der Waals surface area contributed by atoms with Crippen LogP contribution in [0.25, 0.3) is 0 Å². The summed E-state index contributed by atoms with van der Waals surface area (Å²) in [6, 6.07) is 4.15. The Kier molecular flexibility index (Phi) is 4.92. The Hall–Kier alpha value is -1.66. The second-order valence-electron chi connectivity index (χ2n) is 4.75. The highest BCUT2D eigenvalue weighted by Gasteiger charge is 2.26. The molecule has 1 aliphatic rings. The largest absolute Gasteiger partial charge is 0.496 e. The van der Waals surface area contributed by atoms with Gasteiger partial charge in [-0.05, 0) is 18.2 Å². The van der Waals surface area contributed by atoms with Gasteiger partial charge in [0, 0.05) is 24.7 Å². The van der Waals surface area contributed by atoms with E-state index in [1.165, 1.54) is 19.2 Å². The van der Waals surface area contributed by atoms with Crippen molar-refractivity contribution >= 4 is 5.97 Å². The number of morpholine rings is 1. The minimum atomic E-state index is -0.864. The smallest absolute Gasteiger partial charge is 0.305 e. The summed E-state index contributed by atoms with van der Waals surface area (Å²) in [6.07, 6.45) is 0.0115. The second kappa shape index (κ2) is 6.67. The number of aliphatic carboxylic acids is 1. The van der Waals surface area contributed by atoms with Crippen molar-refractivity contribution in [2.75, 3.05) is 26.9 Å². The summed E-state index contributed by atoms with van der Waals surface area (Å²) in [5.74, 6) is -0.590. The molecule has 0 saturated carbocycles. The predicted octanol–water partition coefficient (Wildman–Crippen LogP) is 1.51. The molecule has 1 atom stereocenters. The Bertz CT molecular complexity index is 480. The van der Waals surface area contributed by atoms with Crippen LogP contribution in [0.4, 0.5) is 4.39 Å². The second-order valence-corrected chi connectivity index (χ2v) is 4.75. The molecule has 1 aromatic carbocycles. The number of carboxylic acid groups (broad SMARTS) is 1. The van der Waals surface area contributed by atoms with E-state index in [4.69, 9.17) is 14.6 Å². The van der Waals surface area contributed by atoms with Gasteiger partial charge >= 0.3 is 5.97 Å². The fraction of sp³-hybridized carbons (Fsp3) is 0.500. The maximum absolute atomic E-state index is 13.4. The van der Waals surface area contributed by atoms with Crippen LogP contribution < -0.4 is 4.74 Å². The number of carboxylic acids is 1. The van der Waals surface area contributed by atoms with E-state index in [1.807, 2.05) is 4.90 Å². The van der Waals surface area contributed by atoms with E-state index in [0.29, 0.717) is 37.6 Å². The Morgan fingerprint density at radius 2 is 2.40 bits per heavy atom. The van der Waals surface area contributed by atoms with Crippen molar-refractivity contribution in [1.82, 2.24) is 4.90 Å². The molecule has 1 aliphatic heterocycles. The number of carbonyl (C=O) groups is 1. The standard InChI is InChI=1S/C14H18FNO4/c1-19-13-3-2-11(15)6-10(13)8-16-4-5-20-9-12(16)7-14(17)18/h2-3,6,12H,4-5,7-9H2,1H3,(H,17,18). The Labute approximate surface area is 116 Å². The fourth-order valence-corrected chi connectivity index (χ4v) is 2.38. The third-order valence-corrected chi connectivity index (χ3v) is 3.38. The van der Waals surface area contributed by atoms with E-state index in [2.05, 4.69) is 0 Å². The van der Waals surface area contributed by atoms with Gasteiger partial charge in [-0.1, -0.05) is 0 Å². The normalized spacial score (nSPS) is 19.8. The van der Waals surface area contributed by atoms with Gasteiger partial charge in [-0.15, -0.1) is 0 Å². The zero-order chi connectivity index (χ0) is 14.5. The van der Waals surface area contributed by atoms with E-state index in [0.717, 1.165) is 0 Å². The molecule has 0 radical (unpaired) electrons. The van der Waals surface area contributed by atoms with Gasteiger partial charge in [-0.3, -0.25) is 9.69 Å². The lowest BCUT2D eigenvalue weighted by Crippen LogP contribution is -2.45. The maximum atomic E-state index is 13.4. The number of ether oxygens (including phenoxy) is 2. The number of rotatable bonds is 5. The van der Waals surface area contributed by atoms with Gasteiger partial charge in [0.25, 0.3) is 0 Å². The molecule has 0 amide bonds. The van der Waals surface area contributed by atoms with E-state index in [9.17, 15) is 9.18 Å². The first-order chi connectivity index (χ1) is 9.60. The molecule has 0 aromatic heterocycles. The molecular formula is C14H18FNO4. The van der Waals surface area contributed by atoms with Crippen molar-refractivity contribution in [3.05, 3.63) is 29.6 Å². The fourth-order valence-electron chi connectivity index (χ4n) is 2.38. The zero-order valence-corrected chi connectivity index (χ0v) is 11.3. The molecule has 1 unspecified atom stereocenters. The number of hydrogen-bond acceptors (Lipinski definition) is 4. The van der Waals surface area contributed by atoms with E-state index in [-0.39, 0.29) is 18.3 Å². The van der Waals surface area contributed by atoms with Crippen molar-refractivity contribution in [1.29, 1.82) is 0 Å². The molecule has 6 heteroatoms. The molecule has 1 saturated heterocycles. The van der Waals surface area contributed by atoms with Gasteiger partial charge in [-0.25, -0.2) is 4.39 Å². The van der Waals surface area contributed by atoms with Crippen molar-refractivity contribution in [3.8, 4) is 5.75 Å². The molecule has 1 N–H and O–H groups in total. The molecule has 0 spiro atoms. The molecule has 0 bridgehead atoms. The Balaban J connectivity index is 2.13.